The van der Waals surface area contributed by atoms with E-state index in [9.17, 15) is 4.79 Å². The molecule has 1 saturated carbocycles. The van der Waals surface area contributed by atoms with Crippen LogP contribution < -0.4 is 3.53 Å². The van der Waals surface area contributed by atoms with E-state index >= 15 is 0 Å². The fourth-order valence-electron chi connectivity index (χ4n) is 0.981. The van der Waals surface area contributed by atoms with Crippen molar-refractivity contribution in [3.05, 3.63) is 0 Å². The molecule has 0 spiro atoms. The van der Waals surface area contributed by atoms with Crippen LogP contribution in [0.4, 0.5) is 0 Å². The predicted octanol–water partition coefficient (Wildman–Crippen LogP) is 1.50. The van der Waals surface area contributed by atoms with Gasteiger partial charge in [0.1, 0.15) is 0 Å². The van der Waals surface area contributed by atoms with Gasteiger partial charge in [-0.2, -0.15) is 0 Å². The number of halogens is 1. The molecule has 1 aliphatic rings. The van der Waals surface area contributed by atoms with E-state index in [1.165, 1.54) is 0 Å². The van der Waals surface area contributed by atoms with Gasteiger partial charge in [0, 0.05) is 5.92 Å². The van der Waals surface area contributed by atoms with Crippen molar-refractivity contribution in [1.29, 1.82) is 0 Å². The van der Waals surface area contributed by atoms with Gasteiger partial charge in [0.25, 0.3) is 0 Å². The van der Waals surface area contributed by atoms with Gasteiger partial charge in [-0.25, -0.2) is 0 Å². The largest absolute Gasteiger partial charge is 0.299 e. The zero-order chi connectivity index (χ0) is 7.07. The van der Waals surface area contributed by atoms with Gasteiger partial charge in [-0.1, -0.05) is 13.8 Å². The van der Waals surface area contributed by atoms with E-state index in [4.69, 9.17) is 0 Å². The Labute approximate surface area is 68.9 Å². The molecule has 1 amide bonds. The third-order valence-electron chi connectivity index (χ3n) is 1.92. The lowest BCUT2D eigenvalue weighted by atomic mass is 10.1. The fraction of sp³-hybridized carbons (Fsp3) is 0.833. The highest BCUT2D eigenvalue weighted by atomic mass is 127. The molecule has 0 unspecified atom stereocenters. The molecule has 52 valence electrons. The molecule has 1 atom stereocenters. The fourth-order valence-corrected chi connectivity index (χ4v) is 1.36. The number of amides is 1. The molecule has 0 aromatic rings. The van der Waals surface area contributed by atoms with Crippen molar-refractivity contribution in [3.63, 3.8) is 0 Å². The van der Waals surface area contributed by atoms with E-state index in [1.54, 1.807) is 0 Å². The quantitative estimate of drug-likeness (QED) is 0.545. The predicted molar refractivity (Wildman–Crippen MR) is 44.1 cm³/mol. The number of nitrogens with one attached hydrogen (secondary N) is 1. The van der Waals surface area contributed by atoms with Gasteiger partial charge in [-0.05, 0) is 11.8 Å². The minimum absolute atomic E-state index is 0.181. The lowest BCUT2D eigenvalue weighted by Gasteiger charge is -1.98. The van der Waals surface area contributed by atoms with Crippen molar-refractivity contribution < 1.29 is 4.79 Å². The van der Waals surface area contributed by atoms with Gasteiger partial charge in [0.15, 0.2) is 0 Å². The molecule has 0 bridgehead atoms. The molecule has 0 heterocycles. The van der Waals surface area contributed by atoms with Gasteiger partial charge in [-0.15, -0.1) is 0 Å². The minimum atomic E-state index is 0.181. The van der Waals surface area contributed by atoms with Gasteiger partial charge in [-0.3, -0.25) is 8.32 Å². The number of hydrogen-bond acceptors (Lipinski definition) is 1. The molecular weight excluding hydrogens is 229 g/mol. The first-order valence-corrected chi connectivity index (χ1v) is 4.06. The van der Waals surface area contributed by atoms with Crippen molar-refractivity contribution >= 4 is 28.8 Å². The zero-order valence-corrected chi connectivity index (χ0v) is 7.73. The number of carbonyl (C=O) groups excluding carboxylic acids is 1. The van der Waals surface area contributed by atoms with Crippen molar-refractivity contribution in [2.24, 2.45) is 11.3 Å². The Hall–Kier alpha value is 0.200. The summed E-state index contributed by atoms with van der Waals surface area (Å²) in [5.41, 5.74) is 0.273. The Morgan fingerprint density at radius 2 is 2.22 bits per heavy atom. The molecule has 2 nitrogen and oxygen atoms in total. The molecule has 0 radical (unpaired) electrons. The third kappa shape index (κ3) is 1.36. The first kappa shape index (κ1) is 7.31. The molecule has 9 heavy (non-hydrogen) atoms. The second-order valence-electron chi connectivity index (χ2n) is 3.20. The second kappa shape index (κ2) is 2.11. The molecule has 3 heteroatoms. The highest BCUT2D eigenvalue weighted by molar-refractivity contribution is 14.1. The Kier molecular flexibility index (Phi) is 1.71. The summed E-state index contributed by atoms with van der Waals surface area (Å²) in [5.74, 6) is 0.454. The number of rotatable bonds is 1. The van der Waals surface area contributed by atoms with Crippen LogP contribution in [0.5, 0.6) is 0 Å². The van der Waals surface area contributed by atoms with Crippen LogP contribution in [0.3, 0.4) is 0 Å². The lowest BCUT2D eigenvalue weighted by molar-refractivity contribution is -0.120. The summed E-state index contributed by atoms with van der Waals surface area (Å²) in [6, 6.07) is 0. The van der Waals surface area contributed by atoms with Gasteiger partial charge in [0.05, 0.1) is 22.9 Å². The summed E-state index contributed by atoms with van der Waals surface area (Å²) in [6.45, 7) is 4.23. The molecule has 1 rings (SSSR count). The highest BCUT2D eigenvalue weighted by Crippen LogP contribution is 2.51. The maximum atomic E-state index is 10.9. The van der Waals surface area contributed by atoms with E-state index in [1.807, 2.05) is 22.9 Å². The van der Waals surface area contributed by atoms with Gasteiger partial charge < -0.3 is 0 Å². The molecule has 1 N–H and O–H groups in total. The average Bonchev–Trinajstić information content (AvgIpc) is 2.38. The first-order valence-electron chi connectivity index (χ1n) is 2.98. The summed E-state index contributed by atoms with van der Waals surface area (Å²) in [6.07, 6.45) is 1.04. The summed E-state index contributed by atoms with van der Waals surface area (Å²) >= 11 is 1.89. The summed E-state index contributed by atoms with van der Waals surface area (Å²) < 4.78 is 2.61. The van der Waals surface area contributed by atoms with E-state index < -0.39 is 0 Å². The summed E-state index contributed by atoms with van der Waals surface area (Å²) in [5, 5.41) is 0. The second-order valence-corrected chi connectivity index (χ2v) is 3.74. The Morgan fingerprint density at radius 3 is 2.33 bits per heavy atom. The van der Waals surface area contributed by atoms with Crippen molar-refractivity contribution in [3.8, 4) is 0 Å². The molecular formula is C6H10INO. The molecule has 0 aromatic heterocycles. The molecule has 1 aliphatic carbocycles. The lowest BCUT2D eigenvalue weighted by Crippen LogP contribution is -2.16. The molecule has 0 aromatic carbocycles. The topological polar surface area (TPSA) is 29.1 Å². The summed E-state index contributed by atoms with van der Waals surface area (Å²) in [4.78, 5) is 10.9. The monoisotopic (exact) mass is 239 g/mol. The van der Waals surface area contributed by atoms with Crippen molar-refractivity contribution in [2.45, 2.75) is 20.3 Å². The van der Waals surface area contributed by atoms with Crippen LogP contribution >= 0.6 is 22.9 Å². The van der Waals surface area contributed by atoms with Gasteiger partial charge in [0.2, 0.25) is 5.91 Å². The Bertz CT molecular complexity index is 144. The SMILES string of the molecule is CC1(C)C[C@H]1C(=O)NI. The molecule has 0 saturated heterocycles. The third-order valence-corrected chi connectivity index (χ3v) is 2.45. The summed E-state index contributed by atoms with van der Waals surface area (Å²) in [7, 11) is 0. The van der Waals surface area contributed by atoms with Crippen LogP contribution in [0.15, 0.2) is 0 Å². The van der Waals surface area contributed by atoms with E-state index in [0.29, 0.717) is 0 Å². The Balaban J connectivity index is 2.42. The van der Waals surface area contributed by atoms with E-state index in [-0.39, 0.29) is 17.2 Å². The van der Waals surface area contributed by atoms with E-state index in [0.717, 1.165) is 6.42 Å². The smallest absolute Gasteiger partial charge is 0.232 e. The Morgan fingerprint density at radius 1 is 1.78 bits per heavy atom. The maximum Gasteiger partial charge on any atom is 0.232 e. The number of carbonyl (C=O) groups is 1. The van der Waals surface area contributed by atoms with Crippen LogP contribution in [0.1, 0.15) is 20.3 Å². The van der Waals surface area contributed by atoms with Crippen LogP contribution in [0.25, 0.3) is 0 Å². The highest BCUT2D eigenvalue weighted by Gasteiger charge is 2.50. The van der Waals surface area contributed by atoms with Crippen molar-refractivity contribution in [1.82, 2.24) is 3.53 Å². The van der Waals surface area contributed by atoms with Crippen LogP contribution in [0, 0.1) is 11.3 Å². The number of hydrogen-bond donors (Lipinski definition) is 1. The van der Waals surface area contributed by atoms with Crippen LogP contribution in [-0.2, 0) is 4.79 Å². The normalized spacial score (nSPS) is 29.4. The molecule has 0 aliphatic heterocycles. The van der Waals surface area contributed by atoms with Crippen molar-refractivity contribution in [2.75, 3.05) is 0 Å². The van der Waals surface area contributed by atoms with E-state index in [2.05, 4.69) is 17.4 Å². The average molecular weight is 239 g/mol. The zero-order valence-electron chi connectivity index (χ0n) is 5.57. The first-order chi connectivity index (χ1) is 4.08. The minimum Gasteiger partial charge on any atom is -0.299 e. The van der Waals surface area contributed by atoms with Gasteiger partial charge >= 0.3 is 0 Å². The maximum absolute atomic E-state index is 10.9. The van der Waals surface area contributed by atoms with Crippen LogP contribution in [-0.4, -0.2) is 5.91 Å². The molecule has 1 fully saturated rings. The van der Waals surface area contributed by atoms with Crippen LogP contribution in [0.2, 0.25) is 0 Å². The standard InChI is InChI=1S/C6H10INO/c1-6(2)3-4(6)5(9)8-7/h4H,3H2,1-2H3,(H,8,9)/t4-/m0/s1.